The first kappa shape index (κ1) is 25.5. The fraction of sp³-hybridized carbons (Fsp3) is 0.650. The number of morpholine rings is 1. The number of hydrogen-bond donors (Lipinski definition) is 3. The number of nitrogens with zero attached hydrogens (tertiary/aromatic N) is 2. The molecule has 1 unspecified atom stereocenters. The average molecular weight is 522 g/mol. The van der Waals surface area contributed by atoms with Gasteiger partial charge in [0.05, 0.1) is 25.4 Å². The molecule has 1 atom stereocenters. The van der Waals surface area contributed by atoms with Crippen LogP contribution in [0.3, 0.4) is 0 Å². The van der Waals surface area contributed by atoms with Crippen molar-refractivity contribution in [3.63, 3.8) is 0 Å². The molecular weight excluding hydrogens is 487 g/mol. The minimum Gasteiger partial charge on any atom is -0.387 e. The van der Waals surface area contributed by atoms with Gasteiger partial charge in [-0.2, -0.15) is 0 Å². The van der Waals surface area contributed by atoms with Gasteiger partial charge in [0.15, 0.2) is 5.96 Å². The quantitative estimate of drug-likeness (QED) is 0.144. The largest absolute Gasteiger partial charge is 0.387 e. The van der Waals surface area contributed by atoms with Crippen LogP contribution < -0.4 is 10.6 Å². The van der Waals surface area contributed by atoms with Crippen LogP contribution in [0, 0.1) is 0 Å². The maximum Gasteiger partial charge on any atom is 0.191 e. The Hall–Kier alpha value is -0.550. The van der Waals surface area contributed by atoms with Crippen molar-refractivity contribution in [2.24, 2.45) is 4.99 Å². The van der Waals surface area contributed by atoms with Gasteiger partial charge in [0, 0.05) is 37.6 Å². The number of aliphatic imine (C=N–C) groups is 1. The molecule has 1 saturated heterocycles. The Balaban J connectivity index is 0.00000392. The summed E-state index contributed by atoms with van der Waals surface area (Å²) in [5.74, 6) is 1.83. The van der Waals surface area contributed by atoms with Gasteiger partial charge in [0.2, 0.25) is 0 Å². The van der Waals surface area contributed by atoms with Crippen molar-refractivity contribution < 1.29 is 9.84 Å². The molecule has 0 amide bonds. The van der Waals surface area contributed by atoms with E-state index in [1.165, 1.54) is 4.90 Å². The maximum absolute atomic E-state index is 10.7. The number of aliphatic hydroxyl groups is 1. The Morgan fingerprint density at radius 1 is 1.25 bits per heavy atom. The molecule has 1 fully saturated rings. The van der Waals surface area contributed by atoms with Gasteiger partial charge in [0.25, 0.3) is 0 Å². The highest BCUT2D eigenvalue weighted by atomic mass is 127. The van der Waals surface area contributed by atoms with Crippen molar-refractivity contribution in [2.45, 2.75) is 30.8 Å². The van der Waals surface area contributed by atoms with Crippen molar-refractivity contribution in [2.75, 3.05) is 58.2 Å². The molecule has 160 valence electrons. The Kier molecular flexibility index (Phi) is 13.1. The number of nitrogens with one attached hydrogen (secondary N) is 2. The lowest BCUT2D eigenvalue weighted by Crippen LogP contribution is -2.48. The number of rotatable bonds is 10. The molecule has 1 aliphatic rings. The number of benzene rings is 1. The fourth-order valence-electron chi connectivity index (χ4n) is 2.87. The van der Waals surface area contributed by atoms with E-state index in [2.05, 4.69) is 44.8 Å². The molecule has 1 aromatic rings. The lowest BCUT2D eigenvalue weighted by atomic mass is 10.1. The molecule has 1 heterocycles. The van der Waals surface area contributed by atoms with E-state index in [9.17, 15) is 5.11 Å². The Bertz CT molecular complexity index is 554. The van der Waals surface area contributed by atoms with Crippen molar-refractivity contribution in [3.8, 4) is 0 Å². The van der Waals surface area contributed by atoms with Crippen LogP contribution in [-0.4, -0.2) is 79.8 Å². The SMILES string of the molecule is CCNC(=NCC(C)(O)CN1CCOCC1)NCCCSc1ccccc1.I. The standard InChI is InChI=1S/C20H34N4O2S.HI/c1-3-21-19(22-10-7-15-27-18-8-5-4-6-9-18)23-16-20(2,25)17-24-11-13-26-14-12-24;/h4-6,8-9,25H,3,7,10-17H2,1-2H3,(H2,21,22,23);1H. The first-order chi connectivity index (χ1) is 13.1. The third kappa shape index (κ3) is 10.8. The summed E-state index contributed by atoms with van der Waals surface area (Å²) in [5.41, 5.74) is -0.844. The van der Waals surface area contributed by atoms with E-state index in [4.69, 9.17) is 4.74 Å². The van der Waals surface area contributed by atoms with E-state index in [-0.39, 0.29) is 24.0 Å². The zero-order valence-corrected chi connectivity index (χ0v) is 20.2. The van der Waals surface area contributed by atoms with Crippen molar-refractivity contribution in [1.29, 1.82) is 0 Å². The molecule has 3 N–H and O–H groups in total. The minimum absolute atomic E-state index is 0. The fourth-order valence-corrected chi connectivity index (χ4v) is 3.74. The molecule has 0 radical (unpaired) electrons. The molecule has 8 heteroatoms. The zero-order chi connectivity index (χ0) is 19.4. The summed E-state index contributed by atoms with van der Waals surface area (Å²) in [4.78, 5) is 8.13. The first-order valence-electron chi connectivity index (χ1n) is 9.81. The maximum atomic E-state index is 10.7. The van der Waals surface area contributed by atoms with Gasteiger partial charge in [-0.15, -0.1) is 35.7 Å². The Labute approximate surface area is 190 Å². The second-order valence-corrected chi connectivity index (χ2v) is 8.19. The summed E-state index contributed by atoms with van der Waals surface area (Å²) in [6.45, 7) is 9.78. The third-order valence-electron chi connectivity index (χ3n) is 4.22. The van der Waals surface area contributed by atoms with Crippen LogP contribution in [0.1, 0.15) is 20.3 Å². The zero-order valence-electron chi connectivity index (χ0n) is 17.0. The van der Waals surface area contributed by atoms with Crippen molar-refractivity contribution in [1.82, 2.24) is 15.5 Å². The van der Waals surface area contributed by atoms with Crippen LogP contribution in [0.2, 0.25) is 0 Å². The highest BCUT2D eigenvalue weighted by Gasteiger charge is 2.25. The predicted molar refractivity (Wildman–Crippen MR) is 129 cm³/mol. The predicted octanol–water partition coefficient (Wildman–Crippen LogP) is 2.43. The summed E-state index contributed by atoms with van der Waals surface area (Å²) >= 11 is 1.87. The Morgan fingerprint density at radius 2 is 1.96 bits per heavy atom. The Morgan fingerprint density at radius 3 is 2.64 bits per heavy atom. The number of thioether (sulfide) groups is 1. The summed E-state index contributed by atoms with van der Waals surface area (Å²) in [6.07, 6.45) is 1.05. The van der Waals surface area contributed by atoms with Crippen LogP contribution in [0.25, 0.3) is 0 Å². The molecular formula is C20H35IN4O2S. The van der Waals surface area contributed by atoms with Crippen LogP contribution in [0.4, 0.5) is 0 Å². The minimum atomic E-state index is -0.844. The normalized spacial score (nSPS) is 17.5. The van der Waals surface area contributed by atoms with Crippen LogP contribution >= 0.6 is 35.7 Å². The second-order valence-electron chi connectivity index (χ2n) is 7.02. The van der Waals surface area contributed by atoms with Gasteiger partial charge in [-0.1, -0.05) is 18.2 Å². The molecule has 2 rings (SSSR count). The average Bonchev–Trinajstić information content (AvgIpc) is 2.67. The number of halogens is 1. The molecule has 1 aliphatic heterocycles. The molecule has 0 spiro atoms. The smallest absolute Gasteiger partial charge is 0.191 e. The second kappa shape index (κ2) is 14.4. The van der Waals surface area contributed by atoms with Gasteiger partial charge < -0.3 is 20.5 Å². The van der Waals surface area contributed by atoms with E-state index < -0.39 is 5.60 Å². The van der Waals surface area contributed by atoms with Gasteiger partial charge in [-0.25, -0.2) is 0 Å². The molecule has 0 saturated carbocycles. The molecule has 0 bridgehead atoms. The van der Waals surface area contributed by atoms with Gasteiger partial charge in [-0.05, 0) is 38.2 Å². The number of ether oxygens (including phenoxy) is 1. The van der Waals surface area contributed by atoms with Gasteiger partial charge >= 0.3 is 0 Å². The lowest BCUT2D eigenvalue weighted by Gasteiger charge is -2.33. The molecule has 0 aromatic heterocycles. The molecule has 6 nitrogen and oxygen atoms in total. The van der Waals surface area contributed by atoms with Gasteiger partial charge in [0.1, 0.15) is 0 Å². The lowest BCUT2D eigenvalue weighted by molar-refractivity contribution is -0.0179. The summed E-state index contributed by atoms with van der Waals surface area (Å²) < 4.78 is 5.36. The molecule has 1 aromatic carbocycles. The summed E-state index contributed by atoms with van der Waals surface area (Å²) in [5, 5.41) is 17.3. The molecule has 0 aliphatic carbocycles. The van der Waals surface area contributed by atoms with Crippen molar-refractivity contribution in [3.05, 3.63) is 30.3 Å². The van der Waals surface area contributed by atoms with Crippen molar-refractivity contribution >= 4 is 41.7 Å². The number of hydrogen-bond acceptors (Lipinski definition) is 5. The van der Waals surface area contributed by atoms with Crippen LogP contribution in [-0.2, 0) is 4.74 Å². The highest BCUT2D eigenvalue weighted by molar-refractivity contribution is 14.0. The number of β-amino-alcohol motifs (C(OH)–C–C–N with tert-alkyl or cyclic N) is 1. The highest BCUT2D eigenvalue weighted by Crippen LogP contribution is 2.17. The third-order valence-corrected chi connectivity index (χ3v) is 5.31. The monoisotopic (exact) mass is 522 g/mol. The van der Waals surface area contributed by atoms with Gasteiger partial charge in [-0.3, -0.25) is 9.89 Å². The summed E-state index contributed by atoms with van der Waals surface area (Å²) in [7, 11) is 0. The topological polar surface area (TPSA) is 69.1 Å². The van der Waals surface area contributed by atoms with Crippen LogP contribution in [0.5, 0.6) is 0 Å². The number of guanidine groups is 1. The van der Waals surface area contributed by atoms with E-state index in [1.807, 2.05) is 31.7 Å². The van der Waals surface area contributed by atoms with E-state index >= 15 is 0 Å². The van der Waals surface area contributed by atoms with Crippen LogP contribution in [0.15, 0.2) is 40.2 Å². The van der Waals surface area contributed by atoms with E-state index in [0.717, 1.165) is 57.5 Å². The first-order valence-corrected chi connectivity index (χ1v) is 10.8. The summed E-state index contributed by atoms with van der Waals surface area (Å²) in [6, 6.07) is 10.5. The molecule has 28 heavy (non-hydrogen) atoms. The van der Waals surface area contributed by atoms with E-state index in [1.54, 1.807) is 0 Å². The van der Waals surface area contributed by atoms with E-state index in [0.29, 0.717) is 13.1 Å².